The Hall–Kier alpha value is -0.130. The minimum absolute atomic E-state index is 0.335. The molecule has 3 atom stereocenters. The van der Waals surface area contributed by atoms with Gasteiger partial charge >= 0.3 is 0 Å². The second kappa shape index (κ2) is 5.98. The zero-order valence-electron chi connectivity index (χ0n) is 9.63. The molecule has 1 aromatic rings. The van der Waals surface area contributed by atoms with Crippen molar-refractivity contribution in [3.8, 4) is 0 Å². The van der Waals surface area contributed by atoms with E-state index in [0.717, 1.165) is 10.3 Å². The van der Waals surface area contributed by atoms with Crippen LogP contribution in [-0.4, -0.2) is 21.5 Å². The molecule has 0 aliphatic heterocycles. The highest BCUT2D eigenvalue weighted by molar-refractivity contribution is 8.01. The standard InChI is InChI=1S/C11H19N3S2/c1-2-3-8-4-5-9(12)10(6-8)16-11-14-13-7-15-11/h7-10H,2-6,12H2,1H3. The van der Waals surface area contributed by atoms with Crippen molar-refractivity contribution in [3.63, 3.8) is 0 Å². The second-order valence-corrected chi connectivity index (χ2v) is 6.81. The maximum absolute atomic E-state index is 6.19. The molecular formula is C11H19N3S2. The molecule has 16 heavy (non-hydrogen) atoms. The van der Waals surface area contributed by atoms with E-state index in [9.17, 15) is 0 Å². The first kappa shape index (κ1) is 12.3. The lowest BCUT2D eigenvalue weighted by Crippen LogP contribution is -2.38. The summed E-state index contributed by atoms with van der Waals surface area (Å²) in [6.45, 7) is 2.27. The van der Waals surface area contributed by atoms with Crippen molar-refractivity contribution in [2.45, 2.75) is 54.7 Å². The van der Waals surface area contributed by atoms with Crippen LogP contribution in [0.3, 0.4) is 0 Å². The fourth-order valence-electron chi connectivity index (χ4n) is 2.38. The molecule has 0 amide bonds. The predicted molar refractivity (Wildman–Crippen MR) is 69.8 cm³/mol. The highest BCUT2D eigenvalue weighted by Gasteiger charge is 2.29. The summed E-state index contributed by atoms with van der Waals surface area (Å²) in [6, 6.07) is 0.335. The van der Waals surface area contributed by atoms with Gasteiger partial charge in [0.05, 0.1) is 0 Å². The molecule has 3 nitrogen and oxygen atoms in total. The van der Waals surface area contributed by atoms with Gasteiger partial charge in [-0.1, -0.05) is 42.9 Å². The topological polar surface area (TPSA) is 51.8 Å². The Balaban J connectivity index is 1.91. The van der Waals surface area contributed by atoms with E-state index in [1.807, 2.05) is 11.8 Å². The van der Waals surface area contributed by atoms with Crippen molar-refractivity contribution in [2.75, 3.05) is 0 Å². The molecule has 1 saturated carbocycles. The molecule has 0 bridgehead atoms. The summed E-state index contributed by atoms with van der Waals surface area (Å²) >= 11 is 3.45. The molecule has 0 saturated heterocycles. The largest absolute Gasteiger partial charge is 0.327 e. The van der Waals surface area contributed by atoms with Crippen LogP contribution in [0.5, 0.6) is 0 Å². The zero-order valence-corrected chi connectivity index (χ0v) is 11.3. The van der Waals surface area contributed by atoms with Crippen molar-refractivity contribution in [1.82, 2.24) is 10.2 Å². The lowest BCUT2D eigenvalue weighted by Gasteiger charge is -2.33. The number of hydrogen-bond acceptors (Lipinski definition) is 5. The molecule has 1 aliphatic rings. The van der Waals surface area contributed by atoms with E-state index in [1.165, 1.54) is 32.1 Å². The first-order chi connectivity index (χ1) is 7.79. The van der Waals surface area contributed by atoms with Crippen molar-refractivity contribution in [1.29, 1.82) is 0 Å². The van der Waals surface area contributed by atoms with Crippen LogP contribution in [0.2, 0.25) is 0 Å². The maximum Gasteiger partial charge on any atom is 0.174 e. The van der Waals surface area contributed by atoms with Gasteiger partial charge in [0, 0.05) is 11.3 Å². The van der Waals surface area contributed by atoms with Gasteiger partial charge in [0.15, 0.2) is 4.34 Å². The summed E-state index contributed by atoms with van der Waals surface area (Å²) in [7, 11) is 0. The Kier molecular flexibility index (Phi) is 4.61. The molecule has 2 N–H and O–H groups in total. The molecule has 3 unspecified atom stereocenters. The Bertz CT molecular complexity index is 302. The van der Waals surface area contributed by atoms with E-state index in [1.54, 1.807) is 16.8 Å². The normalized spacial score (nSPS) is 30.5. The van der Waals surface area contributed by atoms with E-state index >= 15 is 0 Å². The summed E-state index contributed by atoms with van der Waals surface area (Å²) in [4.78, 5) is 0. The SMILES string of the molecule is CCCC1CCC(N)C(Sc2nncs2)C1. The molecule has 0 aromatic carbocycles. The Morgan fingerprint density at radius 1 is 1.56 bits per heavy atom. The maximum atomic E-state index is 6.19. The van der Waals surface area contributed by atoms with Crippen LogP contribution in [-0.2, 0) is 0 Å². The average molecular weight is 257 g/mol. The van der Waals surface area contributed by atoms with Gasteiger partial charge in [-0.25, -0.2) is 0 Å². The van der Waals surface area contributed by atoms with Crippen LogP contribution in [0, 0.1) is 5.92 Å². The van der Waals surface area contributed by atoms with E-state index < -0.39 is 0 Å². The third kappa shape index (κ3) is 3.18. The molecule has 1 aliphatic carbocycles. The molecule has 1 heterocycles. The molecular weight excluding hydrogens is 238 g/mol. The molecule has 1 aromatic heterocycles. The first-order valence-electron chi connectivity index (χ1n) is 5.98. The van der Waals surface area contributed by atoms with Crippen molar-refractivity contribution >= 4 is 23.1 Å². The Morgan fingerprint density at radius 3 is 3.12 bits per heavy atom. The van der Waals surface area contributed by atoms with Gasteiger partial charge in [-0.15, -0.1) is 10.2 Å². The summed E-state index contributed by atoms with van der Waals surface area (Å²) in [5.41, 5.74) is 7.98. The highest BCUT2D eigenvalue weighted by atomic mass is 32.2. The van der Waals surface area contributed by atoms with E-state index in [2.05, 4.69) is 17.1 Å². The summed E-state index contributed by atoms with van der Waals surface area (Å²) < 4.78 is 1.07. The molecule has 5 heteroatoms. The van der Waals surface area contributed by atoms with Crippen molar-refractivity contribution in [3.05, 3.63) is 5.51 Å². The number of nitrogens with zero attached hydrogens (tertiary/aromatic N) is 2. The predicted octanol–water partition coefficient (Wildman–Crippen LogP) is 2.93. The van der Waals surface area contributed by atoms with Crippen LogP contribution < -0.4 is 5.73 Å². The highest BCUT2D eigenvalue weighted by Crippen LogP contribution is 2.37. The van der Waals surface area contributed by atoms with Gasteiger partial charge in [0.25, 0.3) is 0 Å². The fourth-order valence-corrected chi connectivity index (χ4v) is 4.42. The minimum Gasteiger partial charge on any atom is -0.327 e. The minimum atomic E-state index is 0.335. The first-order valence-corrected chi connectivity index (χ1v) is 7.74. The Labute approximate surface area is 105 Å². The van der Waals surface area contributed by atoms with Gasteiger partial charge in [-0.3, -0.25) is 0 Å². The summed E-state index contributed by atoms with van der Waals surface area (Å²) in [5.74, 6) is 0.871. The molecule has 2 rings (SSSR count). The Morgan fingerprint density at radius 2 is 2.44 bits per heavy atom. The zero-order chi connectivity index (χ0) is 11.4. The van der Waals surface area contributed by atoms with Crippen LogP contribution in [0.15, 0.2) is 9.85 Å². The van der Waals surface area contributed by atoms with Gasteiger partial charge in [0.1, 0.15) is 5.51 Å². The fraction of sp³-hybridized carbons (Fsp3) is 0.818. The van der Waals surface area contributed by atoms with Gasteiger partial charge in [-0.2, -0.15) is 0 Å². The lowest BCUT2D eigenvalue weighted by molar-refractivity contribution is 0.317. The van der Waals surface area contributed by atoms with Crippen LogP contribution in [0.1, 0.15) is 39.0 Å². The number of rotatable bonds is 4. The average Bonchev–Trinajstić information content (AvgIpc) is 2.76. The number of aromatic nitrogens is 2. The quantitative estimate of drug-likeness (QED) is 0.901. The number of thioether (sulfide) groups is 1. The third-order valence-corrected chi connectivity index (χ3v) is 5.43. The second-order valence-electron chi connectivity index (χ2n) is 4.49. The molecule has 1 fully saturated rings. The van der Waals surface area contributed by atoms with Gasteiger partial charge in [-0.05, 0) is 25.2 Å². The van der Waals surface area contributed by atoms with Crippen molar-refractivity contribution < 1.29 is 0 Å². The third-order valence-electron chi connectivity index (χ3n) is 3.24. The number of nitrogens with two attached hydrogens (primary N) is 1. The van der Waals surface area contributed by atoms with Crippen molar-refractivity contribution in [2.24, 2.45) is 11.7 Å². The monoisotopic (exact) mass is 257 g/mol. The molecule has 90 valence electrons. The van der Waals surface area contributed by atoms with Gasteiger partial charge in [0.2, 0.25) is 0 Å². The van der Waals surface area contributed by atoms with E-state index in [-0.39, 0.29) is 0 Å². The summed E-state index contributed by atoms with van der Waals surface area (Å²) in [5, 5.41) is 8.51. The summed E-state index contributed by atoms with van der Waals surface area (Å²) in [6.07, 6.45) is 6.36. The van der Waals surface area contributed by atoms with Gasteiger partial charge < -0.3 is 5.73 Å². The molecule has 0 spiro atoms. The molecule has 0 radical (unpaired) electrons. The van der Waals surface area contributed by atoms with E-state index in [4.69, 9.17) is 5.73 Å². The van der Waals surface area contributed by atoms with Crippen LogP contribution in [0.4, 0.5) is 0 Å². The lowest BCUT2D eigenvalue weighted by atomic mass is 9.83. The number of hydrogen-bond donors (Lipinski definition) is 1. The van der Waals surface area contributed by atoms with E-state index in [0.29, 0.717) is 11.3 Å². The van der Waals surface area contributed by atoms with Crippen LogP contribution >= 0.6 is 23.1 Å². The van der Waals surface area contributed by atoms with Crippen LogP contribution in [0.25, 0.3) is 0 Å². The smallest absolute Gasteiger partial charge is 0.174 e.